The summed E-state index contributed by atoms with van der Waals surface area (Å²) in [6.45, 7) is 8.19. The van der Waals surface area contributed by atoms with Gasteiger partial charge in [-0.3, -0.25) is 25.3 Å². The van der Waals surface area contributed by atoms with Gasteiger partial charge in [-0.25, -0.2) is 0 Å². The molecule has 0 aromatic heterocycles. The fourth-order valence-corrected chi connectivity index (χ4v) is 9.58. The molecule has 0 bridgehead atoms. The van der Waals surface area contributed by atoms with Crippen LogP contribution in [0, 0.1) is 9.33 Å². The third kappa shape index (κ3) is 16.7. The van der Waals surface area contributed by atoms with Crippen molar-refractivity contribution in [2.75, 3.05) is 6.54 Å². The minimum atomic E-state index is -8.02. The third-order valence-corrected chi connectivity index (χ3v) is 13.3. The Morgan fingerprint density at radius 1 is 0.432 bits per heavy atom. The number of quaternary nitrogens is 1. The van der Waals surface area contributed by atoms with Crippen LogP contribution in [0.4, 0.5) is 39.5 Å². The summed E-state index contributed by atoms with van der Waals surface area (Å²) in [7, 11) is -24.1. The molecular weight excluding hydrogens is 677 g/mol. The van der Waals surface area contributed by atoms with Crippen molar-refractivity contribution in [2.45, 2.75) is 140 Å². The van der Waals surface area contributed by atoms with Crippen molar-refractivity contribution in [1.82, 2.24) is 0 Å². The van der Waals surface area contributed by atoms with Gasteiger partial charge in [-0.15, -0.1) is 0 Å². The number of sulfone groups is 3. The molecule has 0 fully saturated rings. The first-order chi connectivity index (χ1) is 19.7. The maximum atomic E-state index is 12.0. The van der Waals surface area contributed by atoms with Gasteiger partial charge in [0.2, 0.25) is 0 Å². The van der Waals surface area contributed by atoms with Crippen molar-refractivity contribution in [1.29, 1.82) is 0 Å². The average molecular weight is 724 g/mol. The normalized spacial score (nSPS) is 14.0. The van der Waals surface area contributed by atoms with Gasteiger partial charge in [-0.2, -0.15) is 39.5 Å². The van der Waals surface area contributed by atoms with Crippen molar-refractivity contribution in [2.24, 2.45) is 5.41 Å². The van der Waals surface area contributed by atoms with E-state index in [1.807, 2.05) is 0 Å². The second-order valence-electron chi connectivity index (χ2n) is 11.6. The molecule has 0 spiro atoms. The highest BCUT2D eigenvalue weighted by Crippen LogP contribution is 2.47. The Morgan fingerprint density at radius 3 is 0.818 bits per heavy atom. The van der Waals surface area contributed by atoms with Gasteiger partial charge in [0, 0.05) is 0 Å². The summed E-state index contributed by atoms with van der Waals surface area (Å²) in [5, 5.41) is 0. The lowest BCUT2D eigenvalue weighted by atomic mass is 9.89. The number of rotatable bonds is 19. The smallest absolute Gasteiger partial charge is 0.358 e. The quantitative estimate of drug-likeness (QED) is 0.0824. The molecule has 0 radical (unpaired) electrons. The fourth-order valence-electron chi connectivity index (χ4n) is 3.85. The van der Waals surface area contributed by atoms with E-state index in [2.05, 4.69) is 26.5 Å². The summed E-state index contributed by atoms with van der Waals surface area (Å²) in [4.78, 5) is 0. The van der Waals surface area contributed by atoms with Crippen LogP contribution in [0.25, 0.3) is 0 Å². The first-order valence-corrected chi connectivity index (χ1v) is 18.7. The molecule has 3 N–H and O–H groups in total. The number of alkyl halides is 9. The molecule has 0 unspecified atom stereocenters. The molecule has 0 aromatic rings. The molecule has 0 rings (SSSR count). The van der Waals surface area contributed by atoms with Crippen molar-refractivity contribution in [3.63, 3.8) is 0 Å². The largest absolute Gasteiger partial charge is 0.470 e. The van der Waals surface area contributed by atoms with Gasteiger partial charge >= 0.3 is 16.5 Å². The highest BCUT2D eigenvalue weighted by molar-refractivity contribution is 8.29. The highest BCUT2D eigenvalue weighted by atomic mass is 32.3. The predicted molar refractivity (Wildman–Crippen MR) is 149 cm³/mol. The Morgan fingerprint density at radius 2 is 0.636 bits per heavy atom. The second kappa shape index (κ2) is 19.1. The zero-order valence-corrected chi connectivity index (χ0v) is 27.8. The molecule has 0 aliphatic carbocycles. The Kier molecular flexibility index (Phi) is 19.7. The number of halogens is 9. The van der Waals surface area contributed by atoms with Crippen molar-refractivity contribution in [3.05, 3.63) is 3.91 Å². The zero-order valence-electron chi connectivity index (χ0n) is 25.3. The summed E-state index contributed by atoms with van der Waals surface area (Å²) < 4.78 is 167. The molecular formula is C25H46F9NO6S3. The molecule has 44 heavy (non-hydrogen) atoms. The van der Waals surface area contributed by atoms with Gasteiger partial charge in [0.25, 0.3) is 0 Å². The van der Waals surface area contributed by atoms with E-state index in [1.54, 1.807) is 0 Å². The molecule has 0 saturated carbocycles. The minimum Gasteiger partial charge on any atom is -0.358 e. The van der Waals surface area contributed by atoms with E-state index in [9.17, 15) is 64.8 Å². The average Bonchev–Trinajstić information content (AvgIpc) is 2.81. The van der Waals surface area contributed by atoms with Crippen LogP contribution >= 0.6 is 0 Å². The maximum Gasteiger partial charge on any atom is 0.470 e. The maximum absolute atomic E-state index is 12.0. The first-order valence-electron chi connectivity index (χ1n) is 14.3. The lowest BCUT2D eigenvalue weighted by Gasteiger charge is -2.31. The highest BCUT2D eigenvalue weighted by Gasteiger charge is 2.63. The van der Waals surface area contributed by atoms with Crippen LogP contribution in [0.5, 0.6) is 0 Å². The second-order valence-corrected chi connectivity index (χ2v) is 18.0. The van der Waals surface area contributed by atoms with Crippen molar-refractivity contribution < 1.29 is 70.5 Å². The predicted octanol–water partition coefficient (Wildman–Crippen LogP) is 7.75. The van der Waals surface area contributed by atoms with Crippen molar-refractivity contribution >= 4 is 29.5 Å². The molecule has 0 aliphatic heterocycles. The lowest BCUT2D eigenvalue weighted by molar-refractivity contribution is -0.368. The number of hydrogen-bond donors (Lipinski definition) is 1. The molecule has 19 heteroatoms. The van der Waals surface area contributed by atoms with Crippen LogP contribution in [0.3, 0.4) is 0 Å². The van der Waals surface area contributed by atoms with E-state index in [-0.39, 0.29) is 0 Å². The molecule has 0 aliphatic rings. The van der Waals surface area contributed by atoms with Gasteiger partial charge in [0.15, 0.2) is 29.5 Å². The number of unbranched alkanes of at least 4 members (excludes halogenated alkanes) is 14. The van der Waals surface area contributed by atoms with E-state index < -0.39 is 50.0 Å². The van der Waals surface area contributed by atoms with Crippen LogP contribution in [-0.2, 0) is 29.5 Å². The summed E-state index contributed by atoms with van der Waals surface area (Å²) >= 11 is 0. The van der Waals surface area contributed by atoms with Crippen molar-refractivity contribution in [3.8, 4) is 0 Å². The summed E-state index contributed by atoms with van der Waals surface area (Å²) in [5.74, 6) is 0. The van der Waals surface area contributed by atoms with E-state index in [1.165, 1.54) is 103 Å². The van der Waals surface area contributed by atoms with Gasteiger partial charge in [0.1, 0.15) is 0 Å². The van der Waals surface area contributed by atoms with E-state index in [0.717, 1.165) is 6.54 Å². The Balaban J connectivity index is 0. The standard InChI is InChI=1S/C21H45N.C4F9O6S3/c1-21(2,3)19-17-15-13-11-9-7-5-4-6-8-10-12-14-16-18-20-22;5-2(6,7)20(14,15)1(21(16,17)3(8,9)10)22(18,19)4(11,12)13/h4-20,22H2,1-3H3;/q;-1/p+1. The van der Waals surface area contributed by atoms with E-state index in [4.69, 9.17) is 0 Å². The molecule has 0 atom stereocenters. The number of hydrogen-bond acceptors (Lipinski definition) is 6. The van der Waals surface area contributed by atoms with Gasteiger partial charge in [0.05, 0.1) is 10.5 Å². The van der Waals surface area contributed by atoms with Crippen LogP contribution in [0.15, 0.2) is 0 Å². The first kappa shape index (κ1) is 45.3. The van der Waals surface area contributed by atoms with E-state index >= 15 is 0 Å². The molecule has 0 saturated heterocycles. The third-order valence-electron chi connectivity index (χ3n) is 6.25. The molecule has 268 valence electrons. The summed E-state index contributed by atoms with van der Waals surface area (Å²) in [5.41, 5.74) is -16.7. The molecule has 0 heterocycles. The van der Waals surface area contributed by atoms with Crippen LogP contribution in [-0.4, -0.2) is 48.3 Å². The summed E-state index contributed by atoms with van der Waals surface area (Å²) in [6, 6.07) is 0. The monoisotopic (exact) mass is 723 g/mol. The topological polar surface area (TPSA) is 130 Å². The Hall–Kier alpha value is -0.820. The lowest BCUT2D eigenvalue weighted by Crippen LogP contribution is -2.50. The fraction of sp³-hybridized carbons (Fsp3) is 0.960. The summed E-state index contributed by atoms with van der Waals surface area (Å²) in [6.07, 6.45) is 23.1. The van der Waals surface area contributed by atoms with Crippen LogP contribution < -0.4 is 5.73 Å². The van der Waals surface area contributed by atoms with Gasteiger partial charge < -0.3 is 5.73 Å². The van der Waals surface area contributed by atoms with Gasteiger partial charge in [-0.1, -0.05) is 104 Å². The SMILES string of the molecule is CC(C)(C)CCCCCCCCCCCCCCCCC[NH3+].O=S(=O)([C-](S(=O)(=O)C(F)(F)F)S(=O)(=O)C(F)(F)F)C(F)(F)F. The molecule has 0 amide bonds. The molecule has 0 aromatic carbocycles. The Bertz CT molecular complexity index is 1010. The molecule has 7 nitrogen and oxygen atoms in total. The zero-order chi connectivity index (χ0) is 35.1. The minimum absolute atomic E-state index is 0.535. The van der Waals surface area contributed by atoms with E-state index in [0.29, 0.717) is 5.41 Å². The van der Waals surface area contributed by atoms with Crippen LogP contribution in [0.1, 0.15) is 124 Å². The Labute approximate surface area is 255 Å². The van der Waals surface area contributed by atoms with Gasteiger partial charge in [-0.05, 0) is 24.7 Å². The van der Waals surface area contributed by atoms with Crippen LogP contribution in [0.2, 0.25) is 0 Å².